The maximum absolute atomic E-state index is 13.2. The van der Waals surface area contributed by atoms with Gasteiger partial charge in [0.2, 0.25) is 0 Å². The highest BCUT2D eigenvalue weighted by molar-refractivity contribution is 6.00. The van der Waals surface area contributed by atoms with Crippen LogP contribution in [0.4, 0.5) is 0 Å². The average Bonchev–Trinajstić information content (AvgIpc) is 3.29. The van der Waals surface area contributed by atoms with Crippen LogP contribution in [0.1, 0.15) is 47.9 Å². The Morgan fingerprint density at radius 3 is 2.67 bits per heavy atom. The van der Waals surface area contributed by atoms with Gasteiger partial charge in [0.05, 0.1) is 19.8 Å². The molecular formula is C23H25N3O4. The van der Waals surface area contributed by atoms with E-state index in [1.54, 1.807) is 25.3 Å². The molecule has 0 saturated carbocycles. The molecule has 2 N–H and O–H groups in total. The molecule has 7 nitrogen and oxygen atoms in total. The smallest absolute Gasteiger partial charge is 0.273 e. The van der Waals surface area contributed by atoms with E-state index in [1.165, 1.54) is 0 Å². The van der Waals surface area contributed by atoms with Crippen LogP contribution in [-0.4, -0.2) is 46.4 Å². The summed E-state index contributed by atoms with van der Waals surface area (Å²) in [5, 5.41) is 17.7. The fourth-order valence-corrected chi connectivity index (χ4v) is 4.02. The number of ether oxygens (including phenoxy) is 2. The molecule has 2 heterocycles. The average molecular weight is 407 g/mol. The molecule has 0 radical (unpaired) electrons. The molecule has 0 unspecified atom stereocenters. The van der Waals surface area contributed by atoms with E-state index in [-0.39, 0.29) is 17.7 Å². The van der Waals surface area contributed by atoms with Gasteiger partial charge in [-0.25, -0.2) is 0 Å². The molecule has 3 aromatic rings. The zero-order valence-electron chi connectivity index (χ0n) is 17.3. The first kappa shape index (κ1) is 19.8. The van der Waals surface area contributed by atoms with Crippen molar-refractivity contribution < 1.29 is 19.4 Å². The van der Waals surface area contributed by atoms with Crippen LogP contribution in [0.15, 0.2) is 42.5 Å². The normalized spacial score (nSPS) is 15.4. The first-order chi connectivity index (χ1) is 14.6. The van der Waals surface area contributed by atoms with Crippen LogP contribution in [0.2, 0.25) is 0 Å². The van der Waals surface area contributed by atoms with Crippen molar-refractivity contribution in [2.75, 3.05) is 20.3 Å². The first-order valence-corrected chi connectivity index (χ1v) is 10.1. The van der Waals surface area contributed by atoms with Gasteiger partial charge in [0.15, 0.2) is 11.5 Å². The number of hydrogen-bond donors (Lipinski definition) is 2. The Hall–Kier alpha value is -3.48. The minimum atomic E-state index is -0.342. The summed E-state index contributed by atoms with van der Waals surface area (Å²) in [5.41, 5.74) is 3.28. The Morgan fingerprint density at radius 1 is 1.17 bits per heavy atom. The van der Waals surface area contributed by atoms with Crippen LogP contribution in [0.5, 0.6) is 17.2 Å². The number of methoxy groups -OCH3 is 1. The lowest BCUT2D eigenvalue weighted by Crippen LogP contribution is -2.30. The van der Waals surface area contributed by atoms with Crippen molar-refractivity contribution >= 4 is 5.91 Å². The summed E-state index contributed by atoms with van der Waals surface area (Å²) in [6.45, 7) is 5.09. The van der Waals surface area contributed by atoms with Crippen LogP contribution >= 0.6 is 0 Å². The predicted molar refractivity (Wildman–Crippen MR) is 113 cm³/mol. The lowest BCUT2D eigenvalue weighted by atomic mass is 9.95. The van der Waals surface area contributed by atoms with Crippen molar-refractivity contribution in [1.82, 2.24) is 15.1 Å². The lowest BCUT2D eigenvalue weighted by Gasteiger charge is -2.26. The molecule has 0 aliphatic carbocycles. The molecule has 2 aromatic carbocycles. The topological polar surface area (TPSA) is 87.7 Å². The van der Waals surface area contributed by atoms with Gasteiger partial charge in [-0.3, -0.25) is 9.89 Å². The Balaban J connectivity index is 1.88. The first-order valence-electron chi connectivity index (χ1n) is 10.1. The second kappa shape index (κ2) is 8.10. The van der Waals surface area contributed by atoms with Crippen LogP contribution in [-0.2, 0) is 0 Å². The summed E-state index contributed by atoms with van der Waals surface area (Å²) in [5.74, 6) is 1.29. The molecule has 1 amide bonds. The number of carbonyl (C=O) groups is 1. The Kier molecular flexibility index (Phi) is 5.35. The number of phenolic OH excluding ortho intramolecular Hbond substituents is 1. The molecule has 1 atom stereocenters. The maximum Gasteiger partial charge on any atom is 0.273 e. The molecule has 1 aromatic heterocycles. The molecule has 1 aliphatic rings. The van der Waals surface area contributed by atoms with E-state index >= 15 is 0 Å². The second-order valence-electron chi connectivity index (χ2n) is 7.12. The number of phenols is 1. The quantitative estimate of drug-likeness (QED) is 0.614. The molecule has 0 spiro atoms. The fourth-order valence-electron chi connectivity index (χ4n) is 4.02. The SMILES string of the molecule is CCCN1C(=O)c2[nH]nc(-c3ccccc3O)c2[C@H]1c1ccc(OCC)c(OC)c1. The van der Waals surface area contributed by atoms with Crippen molar-refractivity contribution in [2.45, 2.75) is 26.3 Å². The Labute approximate surface area is 175 Å². The minimum absolute atomic E-state index is 0.0983. The number of aromatic amines is 1. The number of fused-ring (bicyclic) bond motifs is 1. The van der Waals surface area contributed by atoms with Crippen molar-refractivity contribution in [2.24, 2.45) is 0 Å². The minimum Gasteiger partial charge on any atom is -0.507 e. The standard InChI is InChI=1S/C23H25N3O4/c1-4-12-26-22(14-10-11-17(30-5-2)18(13-14)29-3)19-20(24-25-21(19)23(26)28)15-8-6-7-9-16(15)27/h6-11,13,22,27H,4-5,12H2,1-3H3,(H,24,25)/t22-/m1/s1. The number of hydrogen-bond acceptors (Lipinski definition) is 5. The number of nitrogens with one attached hydrogen (secondary N) is 1. The van der Waals surface area contributed by atoms with Gasteiger partial charge in [-0.1, -0.05) is 25.1 Å². The van der Waals surface area contributed by atoms with Gasteiger partial charge in [-0.05, 0) is 43.2 Å². The molecule has 0 fully saturated rings. The van der Waals surface area contributed by atoms with Crippen LogP contribution in [0, 0.1) is 0 Å². The Morgan fingerprint density at radius 2 is 1.97 bits per heavy atom. The van der Waals surface area contributed by atoms with E-state index in [4.69, 9.17) is 9.47 Å². The number of nitrogens with zero attached hydrogens (tertiary/aromatic N) is 2. The molecule has 1 aliphatic heterocycles. The highest BCUT2D eigenvalue weighted by Gasteiger charge is 2.42. The third-order valence-electron chi connectivity index (χ3n) is 5.29. The largest absolute Gasteiger partial charge is 0.507 e. The zero-order chi connectivity index (χ0) is 21.3. The number of amides is 1. The van der Waals surface area contributed by atoms with Gasteiger partial charge in [0.1, 0.15) is 17.1 Å². The highest BCUT2D eigenvalue weighted by atomic mass is 16.5. The van der Waals surface area contributed by atoms with Crippen LogP contribution in [0.25, 0.3) is 11.3 Å². The van der Waals surface area contributed by atoms with Gasteiger partial charge in [-0.2, -0.15) is 5.10 Å². The van der Waals surface area contributed by atoms with E-state index in [0.29, 0.717) is 41.6 Å². The van der Waals surface area contributed by atoms with E-state index in [1.807, 2.05) is 43.0 Å². The van der Waals surface area contributed by atoms with Gasteiger partial charge in [0, 0.05) is 17.7 Å². The summed E-state index contributed by atoms with van der Waals surface area (Å²) in [6.07, 6.45) is 0.819. The molecule has 7 heteroatoms. The van der Waals surface area contributed by atoms with E-state index in [2.05, 4.69) is 10.2 Å². The number of para-hydroxylation sites is 1. The summed E-state index contributed by atoms with van der Waals surface area (Å²) in [4.78, 5) is 15.0. The highest BCUT2D eigenvalue weighted by Crippen LogP contribution is 2.45. The Bertz CT molecular complexity index is 1080. The van der Waals surface area contributed by atoms with Crippen LogP contribution < -0.4 is 9.47 Å². The van der Waals surface area contributed by atoms with Gasteiger partial charge in [0.25, 0.3) is 5.91 Å². The number of H-pyrrole nitrogens is 1. The lowest BCUT2D eigenvalue weighted by molar-refractivity contribution is 0.0743. The molecular weight excluding hydrogens is 382 g/mol. The number of aromatic hydroxyl groups is 1. The third-order valence-corrected chi connectivity index (χ3v) is 5.29. The molecule has 0 saturated heterocycles. The van der Waals surface area contributed by atoms with Crippen molar-refractivity contribution in [3.63, 3.8) is 0 Å². The molecule has 4 rings (SSSR count). The van der Waals surface area contributed by atoms with Crippen molar-refractivity contribution in [3.8, 4) is 28.5 Å². The van der Waals surface area contributed by atoms with E-state index < -0.39 is 0 Å². The second-order valence-corrected chi connectivity index (χ2v) is 7.12. The summed E-state index contributed by atoms with van der Waals surface area (Å²) < 4.78 is 11.2. The molecule has 0 bridgehead atoms. The van der Waals surface area contributed by atoms with Crippen LogP contribution in [0.3, 0.4) is 0 Å². The monoisotopic (exact) mass is 407 g/mol. The number of benzene rings is 2. The van der Waals surface area contributed by atoms with Crippen molar-refractivity contribution in [1.29, 1.82) is 0 Å². The van der Waals surface area contributed by atoms with Gasteiger partial charge >= 0.3 is 0 Å². The number of aromatic nitrogens is 2. The summed E-state index contributed by atoms with van der Waals surface area (Å²) >= 11 is 0. The van der Waals surface area contributed by atoms with Gasteiger partial charge < -0.3 is 19.5 Å². The zero-order valence-corrected chi connectivity index (χ0v) is 17.3. The maximum atomic E-state index is 13.2. The van der Waals surface area contributed by atoms with E-state index in [9.17, 15) is 9.90 Å². The predicted octanol–water partition coefficient (Wildman–Crippen LogP) is 4.14. The number of rotatable bonds is 7. The number of carbonyl (C=O) groups excluding carboxylic acids is 1. The van der Waals surface area contributed by atoms with E-state index in [0.717, 1.165) is 17.5 Å². The molecule has 30 heavy (non-hydrogen) atoms. The summed E-state index contributed by atoms with van der Waals surface area (Å²) in [7, 11) is 1.60. The van der Waals surface area contributed by atoms with Crippen molar-refractivity contribution in [3.05, 3.63) is 59.3 Å². The van der Waals surface area contributed by atoms with Gasteiger partial charge in [-0.15, -0.1) is 0 Å². The summed E-state index contributed by atoms with van der Waals surface area (Å²) in [6, 6.07) is 12.4. The molecule has 156 valence electrons. The third kappa shape index (κ3) is 3.16. The fraction of sp³-hybridized carbons (Fsp3) is 0.304.